The Balaban J connectivity index is 1.97. The Hall–Kier alpha value is -1.54. The number of nitrogens with zero attached hydrogens (tertiary/aromatic N) is 3. The van der Waals surface area contributed by atoms with E-state index in [0.29, 0.717) is 0 Å². The van der Waals surface area contributed by atoms with Crippen LogP contribution in [0, 0.1) is 17.2 Å². The van der Waals surface area contributed by atoms with Gasteiger partial charge in [-0.1, -0.05) is 0 Å². The Bertz CT molecular complexity index is 605. The van der Waals surface area contributed by atoms with Gasteiger partial charge in [-0.25, -0.2) is 4.98 Å². The molecule has 1 aliphatic rings. The number of nitrogens with one attached hydrogen (secondary N) is 1. The van der Waals surface area contributed by atoms with Crippen LogP contribution < -0.4 is 4.90 Å². The molecule has 1 fully saturated rings. The van der Waals surface area contributed by atoms with Gasteiger partial charge in [-0.3, -0.25) is 0 Å². The molecule has 2 aromatic heterocycles. The molecule has 1 aliphatic heterocycles. The highest BCUT2D eigenvalue weighted by molar-refractivity contribution is 9.10. The van der Waals surface area contributed by atoms with Crippen molar-refractivity contribution in [3.8, 4) is 6.07 Å². The van der Waals surface area contributed by atoms with Gasteiger partial charge in [0.25, 0.3) is 0 Å². The number of halogens is 1. The first-order valence-electron chi connectivity index (χ1n) is 6.05. The van der Waals surface area contributed by atoms with Crippen LogP contribution in [0.1, 0.15) is 12.8 Å². The van der Waals surface area contributed by atoms with Crippen LogP contribution in [0.3, 0.4) is 0 Å². The molecule has 0 unspecified atom stereocenters. The zero-order valence-electron chi connectivity index (χ0n) is 9.86. The topological polar surface area (TPSA) is 55.7 Å². The predicted molar refractivity (Wildman–Crippen MR) is 74.3 cm³/mol. The summed E-state index contributed by atoms with van der Waals surface area (Å²) in [4.78, 5) is 9.82. The summed E-state index contributed by atoms with van der Waals surface area (Å²) in [5.41, 5.74) is 2.10. The summed E-state index contributed by atoms with van der Waals surface area (Å²) in [7, 11) is 0. The molecule has 0 amide bonds. The number of H-pyrrole nitrogens is 1. The van der Waals surface area contributed by atoms with Crippen molar-refractivity contribution in [1.29, 1.82) is 5.26 Å². The summed E-state index contributed by atoms with van der Waals surface area (Å²) < 4.78 is 1.02. The third-order valence-electron chi connectivity index (χ3n) is 3.51. The van der Waals surface area contributed by atoms with Crippen molar-refractivity contribution in [3.63, 3.8) is 0 Å². The van der Waals surface area contributed by atoms with Gasteiger partial charge < -0.3 is 9.88 Å². The summed E-state index contributed by atoms with van der Waals surface area (Å²) in [5, 5.41) is 10.1. The number of nitriles is 1. The van der Waals surface area contributed by atoms with Crippen LogP contribution in [0.2, 0.25) is 0 Å². The van der Waals surface area contributed by atoms with E-state index >= 15 is 0 Å². The van der Waals surface area contributed by atoms with Crippen LogP contribution in [0.25, 0.3) is 11.0 Å². The summed E-state index contributed by atoms with van der Waals surface area (Å²) >= 11 is 3.59. The maximum Gasteiger partial charge on any atom is 0.139 e. The fourth-order valence-corrected chi connectivity index (χ4v) is 3.09. The van der Waals surface area contributed by atoms with E-state index in [1.165, 1.54) is 5.69 Å². The lowest BCUT2D eigenvalue weighted by molar-refractivity contribution is 0.488. The molecule has 92 valence electrons. The molecule has 5 heteroatoms. The summed E-state index contributed by atoms with van der Waals surface area (Å²) in [6.07, 6.45) is 5.63. The van der Waals surface area contributed by atoms with Crippen molar-refractivity contribution in [3.05, 3.63) is 22.9 Å². The minimum absolute atomic E-state index is 0.212. The van der Waals surface area contributed by atoms with Crippen molar-refractivity contribution in [1.82, 2.24) is 9.97 Å². The summed E-state index contributed by atoms with van der Waals surface area (Å²) in [6, 6.07) is 4.42. The van der Waals surface area contributed by atoms with Gasteiger partial charge in [-0.05, 0) is 34.8 Å². The Morgan fingerprint density at radius 3 is 2.94 bits per heavy atom. The van der Waals surface area contributed by atoms with Crippen molar-refractivity contribution in [2.75, 3.05) is 18.0 Å². The second-order valence-corrected chi connectivity index (χ2v) is 5.44. The lowest BCUT2D eigenvalue weighted by atomic mass is 9.98. The third kappa shape index (κ3) is 1.87. The average Bonchev–Trinajstić information content (AvgIpc) is 2.87. The molecule has 3 rings (SSSR count). The zero-order chi connectivity index (χ0) is 12.5. The van der Waals surface area contributed by atoms with Crippen LogP contribution >= 0.6 is 15.9 Å². The normalized spacial score (nSPS) is 17.0. The third-order valence-corrected chi connectivity index (χ3v) is 4.09. The first kappa shape index (κ1) is 11.5. The first-order valence-corrected chi connectivity index (χ1v) is 6.85. The van der Waals surface area contributed by atoms with Gasteiger partial charge in [0.2, 0.25) is 0 Å². The minimum Gasteiger partial charge on any atom is -0.370 e. The molecule has 0 aliphatic carbocycles. The van der Waals surface area contributed by atoms with Gasteiger partial charge in [-0.15, -0.1) is 0 Å². The quantitative estimate of drug-likeness (QED) is 0.881. The highest BCUT2D eigenvalue weighted by Gasteiger charge is 2.22. The number of fused-ring (bicyclic) bond motifs is 1. The Labute approximate surface area is 114 Å². The molecule has 1 N–H and O–H groups in total. The molecule has 3 heterocycles. The number of rotatable bonds is 1. The SMILES string of the molecule is N#CC1CCN(c2c(Br)cnc3[nH]ccc23)CC1. The number of aromatic nitrogens is 2. The van der Waals surface area contributed by atoms with Gasteiger partial charge in [-0.2, -0.15) is 5.26 Å². The minimum atomic E-state index is 0.212. The number of pyridine rings is 1. The molecule has 0 atom stereocenters. The van der Waals surface area contributed by atoms with E-state index in [0.717, 1.165) is 41.4 Å². The molecule has 0 aromatic carbocycles. The fraction of sp³-hybridized carbons (Fsp3) is 0.385. The van der Waals surface area contributed by atoms with Crippen LogP contribution in [-0.2, 0) is 0 Å². The molecule has 18 heavy (non-hydrogen) atoms. The van der Waals surface area contributed by atoms with Gasteiger partial charge >= 0.3 is 0 Å². The number of anilines is 1. The van der Waals surface area contributed by atoms with Crippen LogP contribution in [-0.4, -0.2) is 23.1 Å². The lowest BCUT2D eigenvalue weighted by Gasteiger charge is -2.32. The monoisotopic (exact) mass is 304 g/mol. The molecule has 0 bridgehead atoms. The molecule has 0 radical (unpaired) electrons. The van der Waals surface area contributed by atoms with E-state index < -0.39 is 0 Å². The molecule has 0 saturated carbocycles. The maximum absolute atomic E-state index is 8.95. The van der Waals surface area contributed by atoms with Gasteiger partial charge in [0.15, 0.2) is 0 Å². The molecule has 2 aromatic rings. The van der Waals surface area contributed by atoms with E-state index in [1.54, 1.807) is 0 Å². The van der Waals surface area contributed by atoms with Crippen molar-refractivity contribution in [2.24, 2.45) is 5.92 Å². The molecule has 4 nitrogen and oxygen atoms in total. The molecule has 1 saturated heterocycles. The lowest BCUT2D eigenvalue weighted by Crippen LogP contribution is -2.33. The van der Waals surface area contributed by atoms with Crippen molar-refractivity contribution >= 4 is 32.7 Å². The molecular formula is C13H13BrN4. The Kier molecular flexibility index (Phi) is 2.96. The number of hydrogen-bond acceptors (Lipinski definition) is 3. The number of aromatic amines is 1. The summed E-state index contributed by atoms with van der Waals surface area (Å²) in [5.74, 6) is 0.212. The second-order valence-electron chi connectivity index (χ2n) is 4.59. The number of hydrogen-bond donors (Lipinski definition) is 1. The smallest absolute Gasteiger partial charge is 0.139 e. The Morgan fingerprint density at radius 2 is 2.22 bits per heavy atom. The van der Waals surface area contributed by atoms with Crippen molar-refractivity contribution in [2.45, 2.75) is 12.8 Å². The average molecular weight is 305 g/mol. The van der Waals surface area contributed by atoms with E-state index in [-0.39, 0.29) is 5.92 Å². The standard InChI is InChI=1S/C13H13BrN4/c14-11-8-17-13-10(1-4-16-13)12(11)18-5-2-9(7-15)3-6-18/h1,4,8-9H,2-3,5-6H2,(H,16,17). The number of piperidine rings is 1. The van der Waals surface area contributed by atoms with Crippen LogP contribution in [0.5, 0.6) is 0 Å². The summed E-state index contributed by atoms with van der Waals surface area (Å²) in [6.45, 7) is 1.86. The van der Waals surface area contributed by atoms with Gasteiger partial charge in [0.05, 0.1) is 16.2 Å². The van der Waals surface area contributed by atoms with E-state index in [4.69, 9.17) is 5.26 Å². The van der Waals surface area contributed by atoms with Gasteiger partial charge in [0.1, 0.15) is 5.65 Å². The first-order chi connectivity index (χ1) is 8.79. The van der Waals surface area contributed by atoms with Gasteiger partial charge in [0, 0.05) is 36.8 Å². The largest absolute Gasteiger partial charge is 0.370 e. The molecular weight excluding hydrogens is 292 g/mol. The van der Waals surface area contributed by atoms with Crippen LogP contribution in [0.4, 0.5) is 5.69 Å². The Morgan fingerprint density at radius 1 is 1.44 bits per heavy atom. The highest BCUT2D eigenvalue weighted by Crippen LogP contribution is 2.35. The van der Waals surface area contributed by atoms with Crippen molar-refractivity contribution < 1.29 is 0 Å². The predicted octanol–water partition coefficient (Wildman–Crippen LogP) is 3.07. The second kappa shape index (κ2) is 4.62. The van der Waals surface area contributed by atoms with Crippen LogP contribution in [0.15, 0.2) is 22.9 Å². The zero-order valence-corrected chi connectivity index (χ0v) is 11.4. The maximum atomic E-state index is 8.95. The fourth-order valence-electron chi connectivity index (χ4n) is 2.52. The van der Waals surface area contributed by atoms with E-state index in [2.05, 4.69) is 42.9 Å². The highest BCUT2D eigenvalue weighted by atomic mass is 79.9. The molecule has 0 spiro atoms. The van der Waals surface area contributed by atoms with E-state index in [1.807, 2.05) is 12.4 Å². The van der Waals surface area contributed by atoms with E-state index in [9.17, 15) is 0 Å².